The van der Waals surface area contributed by atoms with E-state index in [-0.39, 0.29) is 0 Å². The van der Waals surface area contributed by atoms with Gasteiger partial charge in [-0.1, -0.05) is 13.0 Å². The van der Waals surface area contributed by atoms with Crippen molar-refractivity contribution in [2.75, 3.05) is 0 Å². The smallest absolute Gasteiger partial charge is 0.345 e. The number of aromatic nitrogens is 3. The van der Waals surface area contributed by atoms with Gasteiger partial charge in [0.15, 0.2) is 5.56 Å². The molecule has 0 aliphatic heterocycles. The number of carboxylic acid groups (broad SMARTS) is 1. The third kappa shape index (κ3) is 3.88. The maximum absolute atomic E-state index is 12.3. The number of pyridine rings is 2. The van der Waals surface area contributed by atoms with Crippen LogP contribution in [0.2, 0.25) is 0 Å². The van der Waals surface area contributed by atoms with Gasteiger partial charge in [0.25, 0.3) is 5.56 Å². The number of hydrogen-bond donors (Lipinski definition) is 4. The minimum atomic E-state index is -1.45. The van der Waals surface area contributed by atoms with Crippen LogP contribution in [0.5, 0.6) is 5.75 Å². The molecular weight excluding hydrogens is 408 g/mol. The number of fused-ring (bicyclic) bond motifs is 1. The number of aromatic hydroxyl groups is 1. The molecule has 0 saturated heterocycles. The number of aryl methyl sites for hydroxylation is 1. The number of carboxylic acids is 1. The van der Waals surface area contributed by atoms with E-state index in [2.05, 4.69) is 25.9 Å². The zero-order chi connectivity index (χ0) is 22.8. The Kier molecular flexibility index (Phi) is 5.79. The van der Waals surface area contributed by atoms with E-state index in [0.29, 0.717) is 29.8 Å². The first-order valence-electron chi connectivity index (χ1n) is 10.3. The molecule has 32 heavy (non-hydrogen) atoms. The molecule has 1 aromatic carbocycles. The second-order valence-electron chi connectivity index (χ2n) is 7.62. The fraction of sp³-hybridized carbons (Fsp3) is 0.208. The van der Waals surface area contributed by atoms with E-state index in [1.165, 1.54) is 0 Å². The van der Waals surface area contributed by atoms with Gasteiger partial charge in [0, 0.05) is 54.7 Å². The Bertz CT molecular complexity index is 1360. The summed E-state index contributed by atoms with van der Waals surface area (Å²) in [6.07, 6.45) is 3.91. The van der Waals surface area contributed by atoms with Crippen LogP contribution in [0.1, 0.15) is 34.1 Å². The van der Waals surface area contributed by atoms with Crippen molar-refractivity contribution < 1.29 is 15.0 Å². The van der Waals surface area contributed by atoms with E-state index in [9.17, 15) is 19.8 Å². The van der Waals surface area contributed by atoms with Crippen LogP contribution >= 0.6 is 0 Å². The number of H-pyrrole nitrogens is 1. The van der Waals surface area contributed by atoms with Gasteiger partial charge in [0.2, 0.25) is 0 Å². The molecule has 0 spiro atoms. The fourth-order valence-corrected chi connectivity index (χ4v) is 3.98. The Morgan fingerprint density at radius 1 is 1.16 bits per heavy atom. The zero-order valence-corrected chi connectivity index (χ0v) is 17.8. The van der Waals surface area contributed by atoms with Gasteiger partial charge in [-0.05, 0) is 47.9 Å². The van der Waals surface area contributed by atoms with E-state index in [1.807, 2.05) is 37.4 Å². The minimum absolute atomic E-state index is 0.370. The van der Waals surface area contributed by atoms with Gasteiger partial charge in [-0.2, -0.15) is 0 Å². The Morgan fingerprint density at radius 2 is 1.91 bits per heavy atom. The highest BCUT2D eigenvalue weighted by molar-refractivity contribution is 5.92. The van der Waals surface area contributed by atoms with Crippen LogP contribution in [0.25, 0.3) is 22.2 Å². The van der Waals surface area contributed by atoms with Gasteiger partial charge in [0.1, 0.15) is 5.75 Å². The van der Waals surface area contributed by atoms with Gasteiger partial charge >= 0.3 is 5.97 Å². The van der Waals surface area contributed by atoms with Crippen molar-refractivity contribution in [3.8, 4) is 17.0 Å². The number of hydrogen-bond acceptors (Lipinski definition) is 5. The second kappa shape index (κ2) is 8.68. The number of carbonyl (C=O) groups is 1. The molecule has 0 amide bonds. The standard InChI is InChI=1S/C24H24N4O4/c1-3-18-21(27-23(30)20(22(18)29)24(31)32)15-4-5-19-16(10-15)11-17(28(19)2)13-26-12-14-6-8-25-9-7-14/h4-11,26H,3,12-13H2,1-2H3,(H,31,32)(H2,27,29,30). The Hall–Kier alpha value is -3.91. The lowest BCUT2D eigenvalue weighted by Crippen LogP contribution is -2.20. The molecule has 8 nitrogen and oxygen atoms in total. The molecule has 3 aromatic heterocycles. The molecule has 0 fully saturated rings. The van der Waals surface area contributed by atoms with Gasteiger partial charge in [0.05, 0.1) is 5.69 Å². The molecule has 0 unspecified atom stereocenters. The number of aromatic carboxylic acids is 1. The third-order valence-electron chi connectivity index (χ3n) is 5.67. The molecule has 4 aromatic rings. The Morgan fingerprint density at radius 3 is 2.59 bits per heavy atom. The molecule has 4 N–H and O–H groups in total. The van der Waals surface area contributed by atoms with Gasteiger partial charge in [-0.3, -0.25) is 9.78 Å². The summed E-state index contributed by atoms with van der Waals surface area (Å²) in [5, 5.41) is 24.1. The van der Waals surface area contributed by atoms with Crippen molar-refractivity contribution >= 4 is 16.9 Å². The molecule has 0 saturated carbocycles. The lowest BCUT2D eigenvalue weighted by molar-refractivity contribution is 0.0691. The summed E-state index contributed by atoms with van der Waals surface area (Å²) >= 11 is 0. The first kappa shape index (κ1) is 21.3. The summed E-state index contributed by atoms with van der Waals surface area (Å²) in [6.45, 7) is 3.20. The SMILES string of the molecule is CCc1c(-c2ccc3c(c2)cc(CNCc2ccncc2)n3C)[nH]c(=O)c(C(=O)O)c1O. The van der Waals surface area contributed by atoms with Crippen molar-refractivity contribution in [2.45, 2.75) is 26.4 Å². The molecule has 0 bridgehead atoms. The van der Waals surface area contributed by atoms with Crippen molar-refractivity contribution in [3.63, 3.8) is 0 Å². The minimum Gasteiger partial charge on any atom is -0.506 e. The average Bonchev–Trinajstić information content (AvgIpc) is 3.08. The first-order chi connectivity index (χ1) is 15.4. The summed E-state index contributed by atoms with van der Waals surface area (Å²) in [5.41, 5.74) is 3.37. The molecule has 0 aliphatic carbocycles. The van der Waals surface area contributed by atoms with E-state index in [0.717, 1.165) is 28.7 Å². The molecule has 0 atom stereocenters. The van der Waals surface area contributed by atoms with Gasteiger partial charge in [-0.15, -0.1) is 0 Å². The molecule has 8 heteroatoms. The number of rotatable bonds is 7. The summed E-state index contributed by atoms with van der Waals surface area (Å²) in [7, 11) is 2.00. The maximum atomic E-state index is 12.3. The summed E-state index contributed by atoms with van der Waals surface area (Å²) in [5.74, 6) is -1.93. The van der Waals surface area contributed by atoms with Crippen LogP contribution in [-0.4, -0.2) is 30.7 Å². The highest BCUT2D eigenvalue weighted by Crippen LogP contribution is 2.32. The third-order valence-corrected chi connectivity index (χ3v) is 5.67. The van der Waals surface area contributed by atoms with E-state index < -0.39 is 22.8 Å². The first-order valence-corrected chi connectivity index (χ1v) is 10.3. The highest BCUT2D eigenvalue weighted by atomic mass is 16.4. The van der Waals surface area contributed by atoms with Crippen molar-refractivity contribution in [1.29, 1.82) is 0 Å². The quantitative estimate of drug-likeness (QED) is 0.356. The molecule has 4 rings (SSSR count). The van der Waals surface area contributed by atoms with Crippen LogP contribution in [0.4, 0.5) is 0 Å². The number of aromatic amines is 1. The number of nitrogens with one attached hydrogen (secondary N) is 2. The van der Waals surface area contributed by atoms with Crippen molar-refractivity contribution in [3.05, 3.63) is 81.5 Å². The Balaban J connectivity index is 1.67. The van der Waals surface area contributed by atoms with E-state index >= 15 is 0 Å². The molecule has 0 aliphatic rings. The van der Waals surface area contributed by atoms with Gasteiger partial charge < -0.3 is 25.1 Å². The maximum Gasteiger partial charge on any atom is 0.345 e. The second-order valence-corrected chi connectivity index (χ2v) is 7.62. The normalized spacial score (nSPS) is 11.2. The molecular formula is C24H24N4O4. The average molecular weight is 432 g/mol. The topological polar surface area (TPSA) is 120 Å². The van der Waals surface area contributed by atoms with Gasteiger partial charge in [-0.25, -0.2) is 4.79 Å². The predicted molar refractivity (Wildman–Crippen MR) is 122 cm³/mol. The molecule has 0 radical (unpaired) electrons. The van der Waals surface area contributed by atoms with Crippen LogP contribution in [0.15, 0.2) is 53.6 Å². The lowest BCUT2D eigenvalue weighted by atomic mass is 9.99. The summed E-state index contributed by atoms with van der Waals surface area (Å²) in [6, 6.07) is 11.8. The predicted octanol–water partition coefficient (Wildman–Crippen LogP) is 3.18. The lowest BCUT2D eigenvalue weighted by Gasteiger charge is -2.12. The number of nitrogens with zero attached hydrogens (tertiary/aromatic N) is 2. The van der Waals surface area contributed by atoms with E-state index in [4.69, 9.17) is 0 Å². The van der Waals surface area contributed by atoms with Crippen LogP contribution in [0, 0.1) is 0 Å². The summed E-state index contributed by atoms with van der Waals surface area (Å²) in [4.78, 5) is 30.3. The Labute approximate surface area is 184 Å². The van der Waals surface area contributed by atoms with Crippen LogP contribution in [-0.2, 0) is 26.6 Å². The molecule has 3 heterocycles. The largest absolute Gasteiger partial charge is 0.506 e. The van der Waals surface area contributed by atoms with Crippen LogP contribution < -0.4 is 10.9 Å². The van der Waals surface area contributed by atoms with E-state index in [1.54, 1.807) is 19.3 Å². The fourth-order valence-electron chi connectivity index (χ4n) is 3.98. The number of benzene rings is 1. The highest BCUT2D eigenvalue weighted by Gasteiger charge is 2.22. The zero-order valence-electron chi connectivity index (χ0n) is 17.8. The van der Waals surface area contributed by atoms with Crippen molar-refractivity contribution in [2.24, 2.45) is 7.05 Å². The van der Waals surface area contributed by atoms with Crippen LogP contribution in [0.3, 0.4) is 0 Å². The monoisotopic (exact) mass is 432 g/mol. The van der Waals surface area contributed by atoms with Crippen molar-refractivity contribution in [1.82, 2.24) is 19.9 Å². The molecule has 164 valence electrons. The summed E-state index contributed by atoms with van der Waals surface area (Å²) < 4.78 is 2.10.